The molecule has 1 saturated heterocycles. The Kier molecular flexibility index (Phi) is 7.59. The Bertz CT molecular complexity index is 1430. The molecule has 1 aliphatic heterocycles. The molecule has 3 aromatic carbocycles. The molecule has 0 aromatic heterocycles. The van der Waals surface area contributed by atoms with E-state index in [4.69, 9.17) is 25.8 Å². The molecule has 196 valence electrons. The van der Waals surface area contributed by atoms with E-state index >= 15 is 0 Å². The molecule has 38 heavy (non-hydrogen) atoms. The van der Waals surface area contributed by atoms with Crippen LogP contribution >= 0.6 is 11.6 Å². The zero-order chi connectivity index (χ0) is 27.6. The lowest BCUT2D eigenvalue weighted by molar-refractivity contribution is -0.139. The zero-order valence-electron chi connectivity index (χ0n) is 20.7. The Balaban J connectivity index is 1.90. The fourth-order valence-corrected chi connectivity index (χ4v) is 4.52. The summed E-state index contributed by atoms with van der Waals surface area (Å²) in [7, 11) is 4.09. The summed E-state index contributed by atoms with van der Waals surface area (Å²) < 4.78 is 15.3. The standard InChI is InChI=1S/C28H24ClNO8/c1-36-21-14-22(37-2)20(29)13-19(21)26(33)24-25(16-6-10-18(31)11-7-16)30(28(35)27(24)34)17-8-4-15(5-9-17)12-23(32)38-3/h4-11,13-14,25,31,33H,12H2,1-3H3/b26-24+. The van der Waals surface area contributed by atoms with E-state index in [1.165, 1.54) is 50.5 Å². The Morgan fingerprint density at radius 2 is 1.58 bits per heavy atom. The number of amides is 1. The molecule has 3 aromatic rings. The number of phenols is 1. The smallest absolute Gasteiger partial charge is 0.309 e. The van der Waals surface area contributed by atoms with Gasteiger partial charge in [0.25, 0.3) is 11.7 Å². The maximum Gasteiger partial charge on any atom is 0.309 e. The molecular weight excluding hydrogens is 514 g/mol. The molecule has 0 radical (unpaired) electrons. The second-order valence-corrected chi connectivity index (χ2v) is 8.77. The number of ketones is 1. The molecule has 0 spiro atoms. The van der Waals surface area contributed by atoms with E-state index in [2.05, 4.69) is 0 Å². The molecule has 0 aliphatic carbocycles. The molecule has 2 N–H and O–H groups in total. The molecule has 0 saturated carbocycles. The fourth-order valence-electron chi connectivity index (χ4n) is 4.27. The van der Waals surface area contributed by atoms with Crippen molar-refractivity contribution in [3.8, 4) is 17.2 Å². The molecule has 4 rings (SSSR count). The first-order valence-corrected chi connectivity index (χ1v) is 11.8. The number of carbonyl (C=O) groups excluding carboxylic acids is 3. The van der Waals surface area contributed by atoms with Gasteiger partial charge >= 0.3 is 5.97 Å². The maximum absolute atomic E-state index is 13.4. The fraction of sp³-hybridized carbons (Fsp3) is 0.179. The maximum atomic E-state index is 13.4. The van der Waals surface area contributed by atoms with Crippen LogP contribution in [-0.4, -0.2) is 49.2 Å². The third-order valence-electron chi connectivity index (χ3n) is 6.17. The number of hydrogen-bond donors (Lipinski definition) is 2. The van der Waals surface area contributed by atoms with Crippen LogP contribution in [0, 0.1) is 0 Å². The van der Waals surface area contributed by atoms with Crippen LogP contribution in [0.4, 0.5) is 5.69 Å². The summed E-state index contributed by atoms with van der Waals surface area (Å²) in [5.41, 5.74) is 1.36. The minimum atomic E-state index is -1.05. The van der Waals surface area contributed by atoms with Gasteiger partial charge in [-0.05, 0) is 41.5 Å². The number of carbonyl (C=O) groups is 3. The average Bonchev–Trinajstić information content (AvgIpc) is 3.19. The van der Waals surface area contributed by atoms with Crippen molar-refractivity contribution in [3.05, 3.63) is 87.9 Å². The van der Waals surface area contributed by atoms with Gasteiger partial charge in [-0.3, -0.25) is 19.3 Å². The minimum Gasteiger partial charge on any atom is -0.508 e. The van der Waals surface area contributed by atoms with Crippen molar-refractivity contribution < 1.29 is 38.8 Å². The summed E-state index contributed by atoms with van der Waals surface area (Å²) >= 11 is 6.29. The van der Waals surface area contributed by atoms with Gasteiger partial charge in [-0.25, -0.2) is 0 Å². The van der Waals surface area contributed by atoms with Gasteiger partial charge in [0.2, 0.25) is 0 Å². The number of halogens is 1. The zero-order valence-corrected chi connectivity index (χ0v) is 21.5. The molecule has 1 fully saturated rings. The monoisotopic (exact) mass is 537 g/mol. The average molecular weight is 538 g/mol. The van der Waals surface area contributed by atoms with Crippen molar-refractivity contribution in [1.29, 1.82) is 0 Å². The molecule has 10 heteroatoms. The van der Waals surface area contributed by atoms with E-state index in [-0.39, 0.29) is 34.1 Å². The number of Topliss-reactive ketones (excluding diaryl/α,β-unsaturated/α-hetero) is 1. The van der Waals surface area contributed by atoms with Gasteiger partial charge in [-0.2, -0.15) is 0 Å². The quantitative estimate of drug-likeness (QED) is 0.197. The number of hydrogen-bond acceptors (Lipinski definition) is 8. The predicted molar refractivity (Wildman–Crippen MR) is 140 cm³/mol. The van der Waals surface area contributed by atoms with Gasteiger partial charge in [-0.1, -0.05) is 35.9 Å². The number of esters is 1. The molecule has 1 aliphatic rings. The Labute approximate surface area is 223 Å². The van der Waals surface area contributed by atoms with Crippen LogP contribution in [0.2, 0.25) is 5.02 Å². The number of anilines is 1. The number of phenolic OH excluding ortho intramolecular Hbond substituents is 1. The summed E-state index contributed by atoms with van der Waals surface area (Å²) in [6, 6.07) is 14.2. The number of rotatable bonds is 7. The summed E-state index contributed by atoms with van der Waals surface area (Å²) in [6.45, 7) is 0. The Morgan fingerprint density at radius 1 is 0.947 bits per heavy atom. The molecular formula is C28H24ClNO8. The van der Waals surface area contributed by atoms with Crippen molar-refractivity contribution in [1.82, 2.24) is 0 Å². The number of aliphatic hydroxyl groups is 1. The molecule has 1 heterocycles. The molecule has 1 amide bonds. The number of benzene rings is 3. The van der Waals surface area contributed by atoms with Gasteiger partial charge in [-0.15, -0.1) is 0 Å². The van der Waals surface area contributed by atoms with Gasteiger partial charge in [0.15, 0.2) is 0 Å². The lowest BCUT2D eigenvalue weighted by atomic mass is 9.94. The molecule has 1 atom stereocenters. The minimum absolute atomic E-state index is 0.0125. The highest BCUT2D eigenvalue weighted by molar-refractivity contribution is 6.51. The second-order valence-electron chi connectivity index (χ2n) is 8.37. The van der Waals surface area contributed by atoms with Crippen LogP contribution in [0.5, 0.6) is 17.2 Å². The van der Waals surface area contributed by atoms with E-state index in [9.17, 15) is 24.6 Å². The first-order chi connectivity index (χ1) is 18.2. The number of aliphatic hydroxyl groups excluding tert-OH is 1. The largest absolute Gasteiger partial charge is 0.508 e. The van der Waals surface area contributed by atoms with Crippen LogP contribution in [0.1, 0.15) is 22.7 Å². The Morgan fingerprint density at radius 3 is 2.16 bits per heavy atom. The number of nitrogens with zero attached hydrogens (tertiary/aromatic N) is 1. The molecule has 9 nitrogen and oxygen atoms in total. The molecule has 0 bridgehead atoms. The number of methoxy groups -OCH3 is 3. The summed E-state index contributed by atoms with van der Waals surface area (Å²) in [5, 5.41) is 21.4. The van der Waals surface area contributed by atoms with Gasteiger partial charge in [0.1, 0.15) is 23.0 Å². The first kappa shape index (κ1) is 26.6. The lowest BCUT2D eigenvalue weighted by Crippen LogP contribution is -2.29. The van der Waals surface area contributed by atoms with Gasteiger partial charge < -0.3 is 24.4 Å². The van der Waals surface area contributed by atoms with Crippen molar-refractivity contribution in [3.63, 3.8) is 0 Å². The predicted octanol–water partition coefficient (Wildman–Crippen LogP) is 4.40. The first-order valence-electron chi connectivity index (χ1n) is 11.4. The van der Waals surface area contributed by atoms with E-state index in [0.29, 0.717) is 22.6 Å². The highest BCUT2D eigenvalue weighted by Gasteiger charge is 2.47. The van der Waals surface area contributed by atoms with E-state index in [1.807, 2.05) is 0 Å². The van der Waals surface area contributed by atoms with Crippen molar-refractivity contribution in [2.24, 2.45) is 0 Å². The third-order valence-corrected chi connectivity index (χ3v) is 6.47. The third kappa shape index (κ3) is 4.88. The van der Waals surface area contributed by atoms with E-state index in [1.54, 1.807) is 36.4 Å². The highest BCUT2D eigenvalue weighted by Crippen LogP contribution is 2.45. The highest BCUT2D eigenvalue weighted by atomic mass is 35.5. The van der Waals surface area contributed by atoms with Crippen molar-refractivity contribution in [2.45, 2.75) is 12.5 Å². The number of aromatic hydroxyl groups is 1. The van der Waals surface area contributed by atoms with Crippen LogP contribution < -0.4 is 14.4 Å². The normalized spacial score (nSPS) is 16.4. The van der Waals surface area contributed by atoms with Gasteiger partial charge in [0.05, 0.1) is 50.0 Å². The van der Waals surface area contributed by atoms with E-state index in [0.717, 1.165) is 0 Å². The second kappa shape index (κ2) is 10.9. The van der Waals surface area contributed by atoms with Crippen molar-refractivity contribution in [2.75, 3.05) is 26.2 Å². The van der Waals surface area contributed by atoms with Crippen LogP contribution in [0.25, 0.3) is 5.76 Å². The SMILES string of the molecule is COC(=O)Cc1ccc(N2C(=O)C(=O)/C(=C(/O)c3cc(Cl)c(OC)cc3OC)C2c2ccc(O)cc2)cc1. The van der Waals surface area contributed by atoms with Crippen LogP contribution in [-0.2, 0) is 25.5 Å². The summed E-state index contributed by atoms with van der Waals surface area (Å²) in [4.78, 5) is 39.6. The summed E-state index contributed by atoms with van der Waals surface area (Å²) in [6.07, 6.45) is 0.0367. The van der Waals surface area contributed by atoms with Crippen LogP contribution in [0.3, 0.4) is 0 Å². The van der Waals surface area contributed by atoms with E-state index < -0.39 is 29.5 Å². The summed E-state index contributed by atoms with van der Waals surface area (Å²) in [5.74, 6) is -2.25. The van der Waals surface area contributed by atoms with Gasteiger partial charge in [0, 0.05) is 11.8 Å². The number of ether oxygens (including phenoxy) is 3. The van der Waals surface area contributed by atoms with Crippen molar-refractivity contribution >= 4 is 40.7 Å². The van der Waals surface area contributed by atoms with Crippen LogP contribution in [0.15, 0.2) is 66.2 Å². The molecule has 1 unspecified atom stereocenters. The Hall–Kier alpha value is -4.50. The topological polar surface area (TPSA) is 123 Å². The lowest BCUT2D eigenvalue weighted by Gasteiger charge is -2.26.